The van der Waals surface area contributed by atoms with E-state index in [1.807, 2.05) is 20.8 Å². The molecule has 0 aliphatic rings. The third-order valence-corrected chi connectivity index (χ3v) is 4.15. The number of nitrogens with one attached hydrogen (secondary N) is 2. The van der Waals surface area contributed by atoms with Gasteiger partial charge in [-0.1, -0.05) is 32.9 Å². The second kappa shape index (κ2) is 14.0. The first-order chi connectivity index (χ1) is 12.5. The molecule has 152 valence electrons. The van der Waals surface area contributed by atoms with Crippen molar-refractivity contribution in [2.75, 3.05) is 13.2 Å². The zero-order valence-corrected chi connectivity index (χ0v) is 21.6. The maximum Gasteiger partial charge on any atom is 1.00 e. The van der Waals surface area contributed by atoms with E-state index in [4.69, 9.17) is 10.2 Å². The molecule has 0 spiro atoms. The molecule has 0 aliphatic heterocycles. The minimum Gasteiger partial charge on any atom is -0.548 e. The number of carboxylic acids is 2. The molecule has 1 aromatic carbocycles. The number of aliphatic hydroxyl groups is 2. The molecular formula is C18H26N2Na2O7. The minimum atomic E-state index is -1.47. The van der Waals surface area contributed by atoms with Crippen LogP contribution in [-0.4, -0.2) is 52.6 Å². The molecule has 0 unspecified atom stereocenters. The molecule has 0 aliphatic carbocycles. The van der Waals surface area contributed by atoms with E-state index < -0.39 is 37.2 Å². The van der Waals surface area contributed by atoms with Gasteiger partial charge in [0.2, 0.25) is 0 Å². The molecule has 0 heterocycles. The zero-order chi connectivity index (χ0) is 20.8. The average Bonchev–Trinajstić information content (AvgIpc) is 2.56. The number of carboxylic acid groups (broad SMARTS) is 2. The van der Waals surface area contributed by atoms with E-state index in [0.717, 1.165) is 5.56 Å². The summed E-state index contributed by atoms with van der Waals surface area (Å²) in [5.74, 6) is -3.08. The Morgan fingerprint density at radius 2 is 1.28 bits per heavy atom. The second-order valence-electron chi connectivity index (χ2n) is 7.26. The summed E-state index contributed by atoms with van der Waals surface area (Å²) < 4.78 is 0. The normalized spacial score (nSPS) is 13.0. The van der Waals surface area contributed by atoms with Crippen molar-refractivity contribution in [3.05, 3.63) is 28.8 Å². The Bertz CT molecular complexity index is 634. The zero-order valence-electron chi connectivity index (χ0n) is 17.6. The quantitative estimate of drug-likeness (QED) is 0.228. The molecule has 2 atom stereocenters. The van der Waals surface area contributed by atoms with Gasteiger partial charge < -0.3 is 45.8 Å². The van der Waals surface area contributed by atoms with Gasteiger partial charge >= 0.3 is 59.1 Å². The Balaban J connectivity index is 0. The molecule has 0 saturated heterocycles. The van der Waals surface area contributed by atoms with Gasteiger partial charge in [0.15, 0.2) is 0 Å². The fraction of sp³-hybridized carbons (Fsp3) is 0.556. The van der Waals surface area contributed by atoms with E-state index in [0.29, 0.717) is 11.1 Å². The number of hydrogen-bond donors (Lipinski definition) is 5. The summed E-state index contributed by atoms with van der Waals surface area (Å²) in [6.45, 7) is 4.41. The van der Waals surface area contributed by atoms with Gasteiger partial charge in [-0.3, -0.25) is 0 Å². The predicted molar refractivity (Wildman–Crippen MR) is 92.2 cm³/mol. The molecule has 1 rings (SSSR count). The van der Waals surface area contributed by atoms with Gasteiger partial charge in [-0.25, -0.2) is 0 Å². The summed E-state index contributed by atoms with van der Waals surface area (Å²) in [6.07, 6.45) is 0. The standard InChI is InChI=1S/C18H28N2O7.2Na/c1-18(2,3)12-4-10(6-19-13(8-21)16(24)25)15(23)11(5-12)7-20-14(9-22)17(26)27;;/h4-5,13-14,19-23H,6-9H2,1-3H3,(H,24,25)(H,26,27);;/q;2*+1/p-2/t13-,14-;;/m0../s1. The molecule has 0 saturated carbocycles. The van der Waals surface area contributed by atoms with Crippen molar-refractivity contribution in [2.24, 2.45) is 0 Å². The third-order valence-electron chi connectivity index (χ3n) is 4.15. The van der Waals surface area contributed by atoms with Crippen molar-refractivity contribution >= 4 is 11.9 Å². The van der Waals surface area contributed by atoms with Gasteiger partial charge in [0, 0.05) is 24.2 Å². The van der Waals surface area contributed by atoms with Crippen LogP contribution in [0.15, 0.2) is 12.1 Å². The van der Waals surface area contributed by atoms with Crippen LogP contribution in [0.25, 0.3) is 0 Å². The molecular weight excluding hydrogens is 402 g/mol. The van der Waals surface area contributed by atoms with Crippen molar-refractivity contribution < 1.29 is 94.2 Å². The fourth-order valence-electron chi connectivity index (χ4n) is 2.37. The van der Waals surface area contributed by atoms with Crippen LogP contribution < -0.4 is 80.0 Å². The third kappa shape index (κ3) is 9.65. The Kier molecular flexibility index (Phi) is 14.9. The SMILES string of the molecule is CC(C)(C)c1cc(CN[C@@H](CO)C(=O)[O-])c(O)c(CN[C@@H](CO)C(=O)[O-])c1.[Na+].[Na+]. The van der Waals surface area contributed by atoms with Gasteiger partial charge in [-0.2, -0.15) is 0 Å². The topological polar surface area (TPSA) is 165 Å². The molecule has 9 nitrogen and oxygen atoms in total. The molecule has 0 fully saturated rings. The summed E-state index contributed by atoms with van der Waals surface area (Å²) in [4.78, 5) is 21.8. The van der Waals surface area contributed by atoms with E-state index in [-0.39, 0.29) is 83.4 Å². The average molecular weight is 428 g/mol. The first-order valence-electron chi connectivity index (χ1n) is 8.46. The first kappa shape index (κ1) is 31.0. The molecule has 1 aromatic rings. The van der Waals surface area contributed by atoms with Gasteiger partial charge in [0.1, 0.15) is 5.75 Å². The summed E-state index contributed by atoms with van der Waals surface area (Å²) >= 11 is 0. The van der Waals surface area contributed by atoms with Crippen molar-refractivity contribution in [3.8, 4) is 5.75 Å². The van der Waals surface area contributed by atoms with Crippen molar-refractivity contribution in [1.29, 1.82) is 0 Å². The van der Waals surface area contributed by atoms with Crippen LogP contribution in [-0.2, 0) is 28.1 Å². The van der Waals surface area contributed by atoms with Crippen LogP contribution in [0.1, 0.15) is 37.5 Å². The number of carbonyl (C=O) groups is 2. The first-order valence-corrected chi connectivity index (χ1v) is 8.46. The Morgan fingerprint density at radius 3 is 1.52 bits per heavy atom. The van der Waals surface area contributed by atoms with Crippen LogP contribution in [0.2, 0.25) is 0 Å². The second-order valence-corrected chi connectivity index (χ2v) is 7.26. The summed E-state index contributed by atoms with van der Waals surface area (Å²) in [5, 5.41) is 55.6. The maximum absolute atomic E-state index is 10.9. The van der Waals surface area contributed by atoms with E-state index in [1.54, 1.807) is 12.1 Å². The number of aromatic hydroxyl groups is 1. The van der Waals surface area contributed by atoms with E-state index in [2.05, 4.69) is 10.6 Å². The van der Waals surface area contributed by atoms with Gasteiger partial charge in [0.25, 0.3) is 0 Å². The number of phenolic OH excluding ortho intramolecular Hbond substituents is 1. The maximum atomic E-state index is 10.9. The van der Waals surface area contributed by atoms with Gasteiger partial charge in [-0.05, 0) is 11.0 Å². The number of phenols is 1. The minimum absolute atomic E-state index is 0. The molecule has 29 heavy (non-hydrogen) atoms. The molecule has 5 N–H and O–H groups in total. The molecule has 11 heteroatoms. The summed E-state index contributed by atoms with van der Waals surface area (Å²) in [6, 6.07) is 0.831. The fourth-order valence-corrected chi connectivity index (χ4v) is 2.37. The van der Waals surface area contributed by atoms with Gasteiger partial charge in [0.05, 0.1) is 37.2 Å². The van der Waals surface area contributed by atoms with Crippen LogP contribution in [0.4, 0.5) is 0 Å². The largest absolute Gasteiger partial charge is 1.00 e. The smallest absolute Gasteiger partial charge is 0.548 e. The summed E-state index contributed by atoms with van der Waals surface area (Å²) in [7, 11) is 0. The van der Waals surface area contributed by atoms with Crippen LogP contribution in [0, 0.1) is 0 Å². The van der Waals surface area contributed by atoms with E-state index in [9.17, 15) is 24.9 Å². The Labute approximate surface area is 214 Å². The van der Waals surface area contributed by atoms with E-state index >= 15 is 0 Å². The number of rotatable bonds is 10. The van der Waals surface area contributed by atoms with Crippen LogP contribution in [0.3, 0.4) is 0 Å². The van der Waals surface area contributed by atoms with Crippen molar-refractivity contribution in [2.45, 2.75) is 51.4 Å². The molecule has 0 aromatic heterocycles. The number of benzene rings is 1. The monoisotopic (exact) mass is 428 g/mol. The number of aliphatic hydroxyl groups excluding tert-OH is 2. The number of aliphatic carboxylic acids is 2. The number of hydrogen-bond acceptors (Lipinski definition) is 9. The molecule has 0 radical (unpaired) electrons. The Hall–Kier alpha value is -0.200. The Morgan fingerprint density at radius 1 is 0.931 bits per heavy atom. The van der Waals surface area contributed by atoms with E-state index in [1.165, 1.54) is 0 Å². The predicted octanol–water partition coefficient (Wildman–Crippen LogP) is -8.90. The summed E-state index contributed by atoms with van der Waals surface area (Å²) in [5.41, 5.74) is 1.30. The molecule has 0 bridgehead atoms. The number of carbonyl (C=O) groups excluding carboxylic acids is 2. The van der Waals surface area contributed by atoms with Crippen LogP contribution >= 0.6 is 0 Å². The van der Waals surface area contributed by atoms with Gasteiger partial charge in [-0.15, -0.1) is 0 Å². The van der Waals surface area contributed by atoms with Crippen molar-refractivity contribution in [1.82, 2.24) is 10.6 Å². The molecule has 0 amide bonds. The van der Waals surface area contributed by atoms with Crippen molar-refractivity contribution in [3.63, 3.8) is 0 Å². The van der Waals surface area contributed by atoms with Crippen LogP contribution in [0.5, 0.6) is 5.75 Å².